The Balaban J connectivity index is 3.13. The average molecular weight is 143 g/mol. The fourth-order valence-electron chi connectivity index (χ4n) is 0.0809. The van der Waals surface area contributed by atoms with Crippen molar-refractivity contribution < 1.29 is 9.53 Å². The summed E-state index contributed by atoms with van der Waals surface area (Å²) in [5.41, 5.74) is 6.08. The molecular formula is C2H2Cl2NO2. The fraction of sp³-hybridized carbons (Fsp3) is 0.500. The number of amides is 1. The van der Waals surface area contributed by atoms with Gasteiger partial charge in [0, 0.05) is 0 Å². The first-order chi connectivity index (χ1) is 3.13. The molecule has 5 heteroatoms. The molecule has 0 aromatic carbocycles. The summed E-state index contributed by atoms with van der Waals surface area (Å²) in [7, 11) is 0. The lowest BCUT2D eigenvalue weighted by Crippen LogP contribution is -2.04. The molecule has 1 N–H and O–H groups in total. The van der Waals surface area contributed by atoms with E-state index >= 15 is 0 Å². The highest BCUT2D eigenvalue weighted by Gasteiger charge is 2.00. The topological polar surface area (TPSA) is 50.1 Å². The van der Waals surface area contributed by atoms with Gasteiger partial charge in [0.05, 0.1) is 0 Å². The van der Waals surface area contributed by atoms with Crippen LogP contribution in [-0.4, -0.2) is 11.1 Å². The largest absolute Gasteiger partial charge is 0.428 e. The third-order valence-electron chi connectivity index (χ3n) is 0.196. The van der Waals surface area contributed by atoms with Gasteiger partial charge in [-0.1, -0.05) is 23.2 Å². The molecule has 0 aromatic heterocycles. The molecular weight excluding hydrogens is 141 g/mol. The Labute approximate surface area is 50.3 Å². The average Bonchev–Trinajstić information content (AvgIpc) is 1.27. The number of nitrogens with one attached hydrogen (secondary N) is 1. The van der Waals surface area contributed by atoms with E-state index in [0.29, 0.717) is 0 Å². The maximum atomic E-state index is 9.53. The van der Waals surface area contributed by atoms with E-state index in [9.17, 15) is 4.79 Å². The summed E-state index contributed by atoms with van der Waals surface area (Å²) in [5, 5.41) is -1.22. The van der Waals surface area contributed by atoms with Crippen molar-refractivity contribution >= 4 is 29.3 Å². The molecule has 0 aromatic rings. The van der Waals surface area contributed by atoms with Crippen LogP contribution in [0.3, 0.4) is 0 Å². The van der Waals surface area contributed by atoms with Crippen LogP contribution in [0.25, 0.3) is 0 Å². The Morgan fingerprint density at radius 1 is 1.71 bits per heavy atom. The van der Waals surface area contributed by atoms with Crippen molar-refractivity contribution in [3.8, 4) is 0 Å². The van der Waals surface area contributed by atoms with Crippen molar-refractivity contribution in [1.82, 2.24) is 5.73 Å². The van der Waals surface area contributed by atoms with Gasteiger partial charge in [0.15, 0.2) is 0 Å². The second kappa shape index (κ2) is 2.93. The Hall–Kier alpha value is -0.150. The SMILES string of the molecule is [NH]C(=O)OC(Cl)Cl. The summed E-state index contributed by atoms with van der Waals surface area (Å²) >= 11 is 9.75. The van der Waals surface area contributed by atoms with Gasteiger partial charge in [-0.25, -0.2) is 10.5 Å². The van der Waals surface area contributed by atoms with Gasteiger partial charge in [0.2, 0.25) is 0 Å². The molecule has 0 atom stereocenters. The van der Waals surface area contributed by atoms with Crippen LogP contribution in [0.2, 0.25) is 0 Å². The van der Waals surface area contributed by atoms with Gasteiger partial charge in [-0.05, 0) is 0 Å². The van der Waals surface area contributed by atoms with Crippen LogP contribution in [0, 0.1) is 0 Å². The maximum Gasteiger partial charge on any atom is 0.428 e. The number of alkyl halides is 2. The van der Waals surface area contributed by atoms with Crippen molar-refractivity contribution in [2.75, 3.05) is 0 Å². The lowest BCUT2D eigenvalue weighted by molar-refractivity contribution is 0.164. The van der Waals surface area contributed by atoms with Crippen LogP contribution < -0.4 is 5.73 Å². The lowest BCUT2D eigenvalue weighted by Gasteiger charge is -1.95. The first-order valence-corrected chi connectivity index (χ1v) is 2.20. The molecule has 0 aliphatic carbocycles. The zero-order valence-electron chi connectivity index (χ0n) is 3.15. The van der Waals surface area contributed by atoms with E-state index in [1.807, 2.05) is 0 Å². The summed E-state index contributed by atoms with van der Waals surface area (Å²) in [5.74, 6) is 0. The Morgan fingerprint density at radius 2 is 2.14 bits per heavy atom. The van der Waals surface area contributed by atoms with Crippen LogP contribution >= 0.6 is 23.2 Å². The minimum atomic E-state index is -1.23. The molecule has 7 heavy (non-hydrogen) atoms. The predicted octanol–water partition coefficient (Wildman–Crippen LogP) is 1.17. The number of ether oxygens (including phenoxy) is 1. The second-order valence-electron chi connectivity index (χ2n) is 0.666. The van der Waals surface area contributed by atoms with Crippen molar-refractivity contribution in [2.24, 2.45) is 0 Å². The molecule has 0 bridgehead atoms. The first-order valence-electron chi connectivity index (χ1n) is 1.33. The van der Waals surface area contributed by atoms with E-state index < -0.39 is 11.1 Å². The normalized spacial score (nSPS) is 9.00. The number of carbonyl (C=O) groups excluding carboxylic acids is 1. The molecule has 0 spiro atoms. The zero-order chi connectivity index (χ0) is 5.86. The van der Waals surface area contributed by atoms with Gasteiger partial charge in [0.1, 0.15) is 0 Å². The predicted molar refractivity (Wildman–Crippen MR) is 25.1 cm³/mol. The van der Waals surface area contributed by atoms with Gasteiger partial charge in [-0.15, -0.1) is 0 Å². The van der Waals surface area contributed by atoms with E-state index in [1.54, 1.807) is 0 Å². The van der Waals surface area contributed by atoms with Crippen LogP contribution in [0.1, 0.15) is 0 Å². The summed E-state index contributed by atoms with van der Waals surface area (Å²) < 4.78 is 3.81. The van der Waals surface area contributed by atoms with E-state index in [1.165, 1.54) is 0 Å². The summed E-state index contributed by atoms with van der Waals surface area (Å²) in [6.07, 6.45) is -1.23. The highest BCUT2D eigenvalue weighted by atomic mass is 35.5. The first kappa shape index (κ1) is 6.85. The van der Waals surface area contributed by atoms with Crippen LogP contribution in [-0.2, 0) is 4.74 Å². The third kappa shape index (κ3) is 5.85. The molecule has 0 aliphatic rings. The number of hydrogen-bond acceptors (Lipinski definition) is 2. The molecule has 0 unspecified atom stereocenters. The number of rotatable bonds is 1. The molecule has 3 nitrogen and oxygen atoms in total. The number of halogens is 2. The fourth-order valence-corrected chi connectivity index (χ4v) is 0.243. The highest BCUT2D eigenvalue weighted by Crippen LogP contribution is 2.01. The molecule has 41 valence electrons. The van der Waals surface area contributed by atoms with E-state index in [0.717, 1.165) is 0 Å². The van der Waals surface area contributed by atoms with Crippen molar-refractivity contribution in [3.63, 3.8) is 0 Å². The standard InChI is InChI=1S/C2H2Cl2NO2/c3-1(4)7-2(5)6/h1,5H. The van der Waals surface area contributed by atoms with Gasteiger partial charge < -0.3 is 4.74 Å². The van der Waals surface area contributed by atoms with Crippen molar-refractivity contribution in [2.45, 2.75) is 5.02 Å². The number of carbonyl (C=O) groups is 1. The molecule has 0 saturated carbocycles. The van der Waals surface area contributed by atoms with E-state index in [-0.39, 0.29) is 0 Å². The van der Waals surface area contributed by atoms with Gasteiger partial charge in [-0.2, -0.15) is 0 Å². The number of hydrogen-bond donors (Lipinski definition) is 0. The van der Waals surface area contributed by atoms with Crippen molar-refractivity contribution in [3.05, 3.63) is 0 Å². The minimum Gasteiger partial charge on any atom is -0.414 e. The van der Waals surface area contributed by atoms with Gasteiger partial charge >= 0.3 is 6.09 Å². The summed E-state index contributed by atoms with van der Waals surface area (Å²) in [6, 6.07) is 0. The lowest BCUT2D eigenvalue weighted by atomic mass is 11.2. The maximum absolute atomic E-state index is 9.53. The molecule has 1 radical (unpaired) electrons. The quantitative estimate of drug-likeness (QED) is 0.517. The molecule has 0 aliphatic heterocycles. The van der Waals surface area contributed by atoms with Crippen LogP contribution in [0.15, 0.2) is 0 Å². The molecule has 0 fully saturated rings. The monoisotopic (exact) mass is 142 g/mol. The van der Waals surface area contributed by atoms with Crippen LogP contribution in [0.4, 0.5) is 4.79 Å². The third-order valence-corrected chi connectivity index (χ3v) is 0.374. The molecule has 0 heterocycles. The van der Waals surface area contributed by atoms with E-state index in [2.05, 4.69) is 4.74 Å². The smallest absolute Gasteiger partial charge is 0.414 e. The molecule has 1 amide bonds. The Morgan fingerprint density at radius 3 is 2.14 bits per heavy atom. The summed E-state index contributed by atoms with van der Waals surface area (Å²) in [4.78, 5) is 9.53. The Kier molecular flexibility index (Phi) is 2.87. The summed E-state index contributed by atoms with van der Waals surface area (Å²) in [6.45, 7) is 0. The zero-order valence-corrected chi connectivity index (χ0v) is 4.66. The minimum absolute atomic E-state index is 1.22. The Bertz CT molecular complexity index is 74.1. The van der Waals surface area contributed by atoms with E-state index in [4.69, 9.17) is 28.9 Å². The van der Waals surface area contributed by atoms with Crippen LogP contribution in [0.5, 0.6) is 0 Å². The van der Waals surface area contributed by atoms with Gasteiger partial charge in [0.25, 0.3) is 5.02 Å². The molecule has 0 rings (SSSR count). The van der Waals surface area contributed by atoms with Crippen molar-refractivity contribution in [1.29, 1.82) is 0 Å². The van der Waals surface area contributed by atoms with Gasteiger partial charge in [-0.3, -0.25) is 0 Å². The second-order valence-corrected chi connectivity index (χ2v) is 1.68. The molecule has 0 saturated heterocycles. The highest BCUT2D eigenvalue weighted by molar-refractivity contribution is 6.43.